The molecule has 0 radical (unpaired) electrons. The van der Waals surface area contributed by atoms with E-state index in [1.54, 1.807) is 25.1 Å². The molecule has 0 aliphatic carbocycles. The van der Waals surface area contributed by atoms with Gasteiger partial charge in [-0.25, -0.2) is 9.59 Å². The van der Waals surface area contributed by atoms with Gasteiger partial charge in [-0.1, -0.05) is 0 Å². The molecule has 1 aromatic heterocycles. The molecule has 2 N–H and O–H groups in total. The average Bonchev–Trinajstić information content (AvgIpc) is 3.20. The second-order valence-electron chi connectivity index (χ2n) is 5.04. The highest BCUT2D eigenvalue weighted by Gasteiger charge is 2.17. The van der Waals surface area contributed by atoms with Gasteiger partial charge in [0.2, 0.25) is 6.79 Å². The smallest absolute Gasteiger partial charge is 0.342 e. The maximum absolute atomic E-state index is 11.8. The van der Waals surface area contributed by atoms with Crippen LogP contribution < -0.4 is 20.1 Å². The first-order valence-corrected chi connectivity index (χ1v) is 7.24. The van der Waals surface area contributed by atoms with E-state index in [4.69, 9.17) is 18.6 Å². The third-order valence-electron chi connectivity index (χ3n) is 3.30. The van der Waals surface area contributed by atoms with Crippen molar-refractivity contribution in [2.75, 3.05) is 18.7 Å². The molecule has 3 amide bonds. The largest absolute Gasteiger partial charge is 0.469 e. The van der Waals surface area contributed by atoms with E-state index in [2.05, 4.69) is 5.32 Å². The molecule has 0 saturated carbocycles. The molecule has 0 unspecified atom stereocenters. The van der Waals surface area contributed by atoms with Crippen LogP contribution in [0, 0.1) is 6.92 Å². The minimum atomic E-state index is -0.771. The Morgan fingerprint density at radius 2 is 1.96 bits per heavy atom. The zero-order chi connectivity index (χ0) is 17.8. The summed E-state index contributed by atoms with van der Waals surface area (Å²) < 4.78 is 20.1. The molecule has 25 heavy (non-hydrogen) atoms. The van der Waals surface area contributed by atoms with Gasteiger partial charge < -0.3 is 23.9 Å². The van der Waals surface area contributed by atoms with Crippen LogP contribution in [0.2, 0.25) is 0 Å². The molecule has 3 rings (SSSR count). The molecule has 9 nitrogen and oxygen atoms in total. The molecule has 1 aliphatic rings. The molecule has 0 fully saturated rings. The maximum Gasteiger partial charge on any atom is 0.342 e. The lowest BCUT2D eigenvalue weighted by Gasteiger charge is -2.08. The number of urea groups is 1. The van der Waals surface area contributed by atoms with Crippen molar-refractivity contribution in [3.05, 3.63) is 41.9 Å². The fourth-order valence-corrected chi connectivity index (χ4v) is 2.10. The third kappa shape index (κ3) is 3.89. The minimum absolute atomic E-state index is 0.116. The lowest BCUT2D eigenvalue weighted by atomic mass is 10.3. The number of amides is 3. The van der Waals surface area contributed by atoms with Crippen LogP contribution in [0.15, 0.2) is 34.9 Å². The summed E-state index contributed by atoms with van der Waals surface area (Å²) in [6.07, 6.45) is 1.34. The number of hydrogen-bond donors (Lipinski definition) is 2. The van der Waals surface area contributed by atoms with Gasteiger partial charge in [-0.05, 0) is 25.1 Å². The number of furan rings is 1. The number of nitrogens with one attached hydrogen (secondary N) is 2. The second kappa shape index (κ2) is 6.95. The maximum atomic E-state index is 11.8. The summed E-state index contributed by atoms with van der Waals surface area (Å²) in [6.45, 7) is 1.11. The van der Waals surface area contributed by atoms with Gasteiger partial charge >= 0.3 is 12.0 Å². The Morgan fingerprint density at radius 3 is 2.72 bits per heavy atom. The molecule has 130 valence electrons. The third-order valence-corrected chi connectivity index (χ3v) is 3.30. The van der Waals surface area contributed by atoms with E-state index in [0.717, 1.165) is 0 Å². The number of carbonyl (C=O) groups excluding carboxylic acids is 3. The standard InChI is InChI=1S/C16H14N2O7/c1-9-11(4-5-22-9)15(20)23-7-14(19)18-16(21)17-10-2-3-12-13(6-10)25-8-24-12/h2-6H,7-8H2,1H3,(H2,17,18,19,21). The van der Waals surface area contributed by atoms with E-state index >= 15 is 0 Å². The highest BCUT2D eigenvalue weighted by molar-refractivity contribution is 6.02. The van der Waals surface area contributed by atoms with Crippen molar-refractivity contribution in [3.63, 3.8) is 0 Å². The van der Waals surface area contributed by atoms with Crippen LogP contribution in [0.3, 0.4) is 0 Å². The Labute approximate surface area is 141 Å². The molecule has 9 heteroatoms. The van der Waals surface area contributed by atoms with Crippen LogP contribution in [0.4, 0.5) is 10.5 Å². The van der Waals surface area contributed by atoms with Gasteiger partial charge in [-0.2, -0.15) is 0 Å². The van der Waals surface area contributed by atoms with Gasteiger partial charge in [-0.3, -0.25) is 10.1 Å². The van der Waals surface area contributed by atoms with Crippen LogP contribution in [-0.2, 0) is 9.53 Å². The van der Waals surface area contributed by atoms with Crippen LogP contribution in [-0.4, -0.2) is 31.3 Å². The number of esters is 1. The van der Waals surface area contributed by atoms with E-state index < -0.39 is 24.5 Å². The van der Waals surface area contributed by atoms with Crippen molar-refractivity contribution in [1.82, 2.24) is 5.32 Å². The zero-order valence-corrected chi connectivity index (χ0v) is 13.2. The number of imide groups is 1. The molecule has 0 atom stereocenters. The number of aryl methyl sites for hydroxylation is 1. The zero-order valence-electron chi connectivity index (χ0n) is 13.2. The summed E-state index contributed by atoms with van der Waals surface area (Å²) in [5.74, 6) is -0.0340. The van der Waals surface area contributed by atoms with E-state index in [1.807, 2.05) is 5.32 Å². The molecular formula is C16H14N2O7. The Morgan fingerprint density at radius 1 is 1.16 bits per heavy atom. The first kappa shape index (κ1) is 16.4. The highest BCUT2D eigenvalue weighted by Crippen LogP contribution is 2.34. The SMILES string of the molecule is Cc1occc1C(=O)OCC(=O)NC(=O)Nc1ccc2c(c1)OCO2. The van der Waals surface area contributed by atoms with Gasteiger partial charge in [0.15, 0.2) is 18.1 Å². The number of fused-ring (bicyclic) bond motifs is 1. The fraction of sp³-hybridized carbons (Fsp3) is 0.188. The van der Waals surface area contributed by atoms with E-state index in [1.165, 1.54) is 12.3 Å². The van der Waals surface area contributed by atoms with Gasteiger partial charge in [-0.15, -0.1) is 0 Å². The van der Waals surface area contributed by atoms with Crippen LogP contribution >= 0.6 is 0 Å². The molecule has 2 aromatic rings. The first-order valence-electron chi connectivity index (χ1n) is 7.24. The Bertz CT molecular complexity index is 828. The molecule has 1 aliphatic heterocycles. The lowest BCUT2D eigenvalue weighted by molar-refractivity contribution is -0.123. The predicted molar refractivity (Wildman–Crippen MR) is 83.5 cm³/mol. The normalized spacial score (nSPS) is 11.7. The first-order chi connectivity index (χ1) is 12.0. The van der Waals surface area contributed by atoms with Crippen molar-refractivity contribution in [2.24, 2.45) is 0 Å². The van der Waals surface area contributed by atoms with Gasteiger partial charge in [0.1, 0.15) is 11.3 Å². The highest BCUT2D eigenvalue weighted by atomic mass is 16.7. The van der Waals surface area contributed by atoms with Gasteiger partial charge in [0.05, 0.1) is 6.26 Å². The minimum Gasteiger partial charge on any atom is -0.469 e. The van der Waals surface area contributed by atoms with Crippen molar-refractivity contribution in [2.45, 2.75) is 6.92 Å². The summed E-state index contributed by atoms with van der Waals surface area (Å²) in [5.41, 5.74) is 0.637. The van der Waals surface area contributed by atoms with E-state index in [0.29, 0.717) is 22.9 Å². The Hall–Kier alpha value is -3.49. The predicted octanol–water partition coefficient (Wildman–Crippen LogP) is 1.82. The number of carbonyl (C=O) groups is 3. The summed E-state index contributed by atoms with van der Waals surface area (Å²) in [6, 6.07) is 5.46. The molecule has 0 spiro atoms. The Kier molecular flexibility index (Phi) is 4.55. The van der Waals surface area contributed by atoms with Crippen molar-refractivity contribution in [3.8, 4) is 11.5 Å². The molecule has 0 saturated heterocycles. The fourth-order valence-electron chi connectivity index (χ4n) is 2.10. The van der Waals surface area contributed by atoms with Crippen LogP contribution in [0.5, 0.6) is 11.5 Å². The van der Waals surface area contributed by atoms with Crippen molar-refractivity contribution < 1.29 is 33.0 Å². The Balaban J connectivity index is 1.47. The number of benzene rings is 1. The van der Waals surface area contributed by atoms with E-state index in [-0.39, 0.29) is 12.4 Å². The number of ether oxygens (including phenoxy) is 3. The molecular weight excluding hydrogens is 332 g/mol. The number of rotatable bonds is 4. The number of anilines is 1. The van der Waals surface area contributed by atoms with Crippen molar-refractivity contribution in [1.29, 1.82) is 0 Å². The molecule has 0 bridgehead atoms. The van der Waals surface area contributed by atoms with Gasteiger partial charge in [0.25, 0.3) is 5.91 Å². The summed E-state index contributed by atoms with van der Waals surface area (Å²) >= 11 is 0. The van der Waals surface area contributed by atoms with Gasteiger partial charge in [0, 0.05) is 11.8 Å². The second-order valence-corrected chi connectivity index (χ2v) is 5.04. The summed E-state index contributed by atoms with van der Waals surface area (Å²) in [5, 5.41) is 4.51. The monoisotopic (exact) mass is 346 g/mol. The quantitative estimate of drug-likeness (QED) is 0.811. The molecule has 2 heterocycles. The number of hydrogen-bond acceptors (Lipinski definition) is 7. The lowest BCUT2D eigenvalue weighted by Crippen LogP contribution is -2.37. The van der Waals surface area contributed by atoms with Crippen LogP contribution in [0.25, 0.3) is 0 Å². The summed E-state index contributed by atoms with van der Waals surface area (Å²) in [7, 11) is 0. The topological polar surface area (TPSA) is 116 Å². The average molecular weight is 346 g/mol. The van der Waals surface area contributed by atoms with Crippen molar-refractivity contribution >= 4 is 23.6 Å². The van der Waals surface area contributed by atoms with Crippen LogP contribution in [0.1, 0.15) is 16.1 Å². The molecule has 1 aromatic carbocycles. The van der Waals surface area contributed by atoms with E-state index in [9.17, 15) is 14.4 Å². The summed E-state index contributed by atoms with van der Waals surface area (Å²) in [4.78, 5) is 35.2.